The third-order valence-electron chi connectivity index (χ3n) is 4.59. The summed E-state index contributed by atoms with van der Waals surface area (Å²) >= 11 is 0. The second-order valence-corrected chi connectivity index (χ2v) is 7.77. The number of carbonyl (C=O) groups is 3. The molecule has 4 amide bonds. The second-order valence-electron chi connectivity index (χ2n) is 7.77. The normalized spacial score (nSPS) is 21.4. The van der Waals surface area contributed by atoms with E-state index in [-0.39, 0.29) is 5.41 Å². The van der Waals surface area contributed by atoms with Crippen molar-refractivity contribution in [2.75, 3.05) is 0 Å². The third kappa shape index (κ3) is 3.98. The van der Waals surface area contributed by atoms with Crippen LogP contribution in [-0.4, -0.2) is 34.5 Å². The number of hydrogen-bond acceptors (Lipinski definition) is 4. The first-order valence-electron chi connectivity index (χ1n) is 8.72. The van der Waals surface area contributed by atoms with E-state index in [1.54, 1.807) is 32.9 Å². The van der Waals surface area contributed by atoms with Crippen LogP contribution in [0.2, 0.25) is 0 Å². The number of urea groups is 1. The number of benzene rings is 1. The van der Waals surface area contributed by atoms with Gasteiger partial charge in [0.05, 0.1) is 0 Å². The Balaban J connectivity index is 2.00. The maximum absolute atomic E-state index is 12.3. The minimum atomic E-state index is -1.00. The van der Waals surface area contributed by atoms with E-state index in [2.05, 4.69) is 31.5 Å². The summed E-state index contributed by atoms with van der Waals surface area (Å²) in [6, 6.07) is 6.85. The molecule has 0 spiro atoms. The summed E-state index contributed by atoms with van der Waals surface area (Å²) in [5.41, 5.74) is 2.51. The standard InChI is InChI=1S/C19H27N3O4/c1-7-19(6)16(24)22(17(25)20-19)21-15(23)12(2)26-14-10-8-13(9-11-14)18(3,4)5/h8-12H,7H2,1-6H3,(H,20,25)(H,21,23)/t12-,19-/m1/s1. The molecule has 142 valence electrons. The van der Waals surface area contributed by atoms with Crippen molar-refractivity contribution in [2.24, 2.45) is 0 Å². The van der Waals surface area contributed by atoms with Gasteiger partial charge in [-0.25, -0.2) is 4.79 Å². The number of nitrogens with one attached hydrogen (secondary N) is 2. The highest BCUT2D eigenvalue weighted by molar-refractivity contribution is 6.07. The number of hydrogen-bond donors (Lipinski definition) is 2. The number of hydrazine groups is 1. The van der Waals surface area contributed by atoms with Gasteiger partial charge < -0.3 is 10.1 Å². The Bertz CT molecular complexity index is 708. The second kappa shape index (κ2) is 6.97. The molecule has 1 aliphatic heterocycles. The number of ether oxygens (including phenoxy) is 1. The van der Waals surface area contributed by atoms with Gasteiger partial charge in [-0.3, -0.25) is 15.0 Å². The average molecular weight is 361 g/mol. The van der Waals surface area contributed by atoms with E-state index in [0.29, 0.717) is 17.2 Å². The van der Waals surface area contributed by atoms with Crippen LogP contribution in [0.1, 0.15) is 53.5 Å². The largest absolute Gasteiger partial charge is 0.481 e. The molecule has 7 nitrogen and oxygen atoms in total. The van der Waals surface area contributed by atoms with Gasteiger partial charge in [0.15, 0.2) is 6.10 Å². The fourth-order valence-electron chi connectivity index (χ4n) is 2.52. The van der Waals surface area contributed by atoms with Crippen LogP contribution in [-0.2, 0) is 15.0 Å². The Morgan fingerprint density at radius 1 is 1.27 bits per heavy atom. The number of rotatable bonds is 5. The van der Waals surface area contributed by atoms with Crippen molar-refractivity contribution in [3.63, 3.8) is 0 Å². The molecule has 1 fully saturated rings. The Kier molecular flexibility index (Phi) is 5.30. The molecule has 26 heavy (non-hydrogen) atoms. The monoisotopic (exact) mass is 361 g/mol. The molecule has 7 heteroatoms. The van der Waals surface area contributed by atoms with Crippen LogP contribution in [0, 0.1) is 0 Å². The van der Waals surface area contributed by atoms with Crippen molar-refractivity contribution in [1.29, 1.82) is 0 Å². The summed E-state index contributed by atoms with van der Waals surface area (Å²) in [4.78, 5) is 36.6. The minimum absolute atomic E-state index is 0.0247. The molecule has 2 N–H and O–H groups in total. The highest BCUT2D eigenvalue weighted by Gasteiger charge is 2.47. The van der Waals surface area contributed by atoms with E-state index in [9.17, 15) is 14.4 Å². The molecule has 0 radical (unpaired) electrons. The number of carbonyl (C=O) groups excluding carboxylic acids is 3. The molecule has 0 aliphatic carbocycles. The first kappa shape index (κ1) is 19.8. The van der Waals surface area contributed by atoms with Crippen LogP contribution >= 0.6 is 0 Å². The molecule has 1 aromatic rings. The minimum Gasteiger partial charge on any atom is -0.481 e. The summed E-state index contributed by atoms with van der Waals surface area (Å²) in [7, 11) is 0. The van der Waals surface area contributed by atoms with Crippen molar-refractivity contribution in [1.82, 2.24) is 15.8 Å². The fourth-order valence-corrected chi connectivity index (χ4v) is 2.52. The van der Waals surface area contributed by atoms with Crippen molar-refractivity contribution < 1.29 is 19.1 Å². The lowest BCUT2D eigenvalue weighted by Gasteiger charge is -2.22. The molecular weight excluding hydrogens is 334 g/mol. The molecule has 0 saturated carbocycles. The van der Waals surface area contributed by atoms with Crippen LogP contribution in [0.3, 0.4) is 0 Å². The summed E-state index contributed by atoms with van der Waals surface area (Å²) < 4.78 is 5.62. The predicted octanol–water partition coefficient (Wildman–Crippen LogP) is 2.50. The number of amides is 4. The van der Waals surface area contributed by atoms with Crippen LogP contribution in [0.25, 0.3) is 0 Å². The fraction of sp³-hybridized carbons (Fsp3) is 0.526. The molecular formula is C19H27N3O4. The quantitative estimate of drug-likeness (QED) is 0.789. The van der Waals surface area contributed by atoms with Gasteiger partial charge in [-0.1, -0.05) is 39.8 Å². The molecule has 0 bridgehead atoms. The van der Waals surface area contributed by atoms with E-state index < -0.39 is 29.5 Å². The average Bonchev–Trinajstić information content (AvgIpc) is 2.78. The van der Waals surface area contributed by atoms with E-state index in [1.165, 1.54) is 0 Å². The zero-order valence-corrected chi connectivity index (χ0v) is 16.2. The van der Waals surface area contributed by atoms with Crippen LogP contribution in [0.15, 0.2) is 24.3 Å². The van der Waals surface area contributed by atoms with E-state index in [0.717, 1.165) is 5.56 Å². The lowest BCUT2D eigenvalue weighted by molar-refractivity contribution is -0.141. The smallest absolute Gasteiger partial charge is 0.344 e. The van der Waals surface area contributed by atoms with Gasteiger partial charge >= 0.3 is 6.03 Å². The maximum Gasteiger partial charge on any atom is 0.344 e. The van der Waals surface area contributed by atoms with Crippen LogP contribution < -0.4 is 15.5 Å². The predicted molar refractivity (Wildman–Crippen MR) is 97.4 cm³/mol. The first-order valence-corrected chi connectivity index (χ1v) is 8.72. The molecule has 1 saturated heterocycles. The molecule has 0 unspecified atom stereocenters. The van der Waals surface area contributed by atoms with Crippen molar-refractivity contribution >= 4 is 17.8 Å². The first-order chi connectivity index (χ1) is 12.0. The van der Waals surface area contributed by atoms with Gasteiger partial charge in [0.25, 0.3) is 11.8 Å². The van der Waals surface area contributed by atoms with Crippen molar-refractivity contribution in [3.8, 4) is 5.75 Å². The topological polar surface area (TPSA) is 87.7 Å². The molecule has 2 rings (SSSR count). The van der Waals surface area contributed by atoms with Crippen molar-refractivity contribution in [3.05, 3.63) is 29.8 Å². The summed E-state index contributed by atoms with van der Waals surface area (Å²) in [5, 5.41) is 3.29. The highest BCUT2D eigenvalue weighted by atomic mass is 16.5. The van der Waals surface area contributed by atoms with Gasteiger partial charge in [-0.15, -0.1) is 0 Å². The number of imide groups is 1. The summed E-state index contributed by atoms with van der Waals surface area (Å²) in [5.74, 6) is -0.523. The van der Waals surface area contributed by atoms with E-state index >= 15 is 0 Å². The molecule has 2 atom stereocenters. The summed E-state index contributed by atoms with van der Waals surface area (Å²) in [6.07, 6.45) is -0.444. The van der Waals surface area contributed by atoms with Gasteiger partial charge in [0.1, 0.15) is 11.3 Å². The molecule has 0 aromatic heterocycles. The van der Waals surface area contributed by atoms with Gasteiger partial charge in [-0.2, -0.15) is 5.01 Å². The van der Waals surface area contributed by atoms with Crippen LogP contribution in [0.4, 0.5) is 4.79 Å². The van der Waals surface area contributed by atoms with Crippen LogP contribution in [0.5, 0.6) is 5.75 Å². The van der Waals surface area contributed by atoms with E-state index in [4.69, 9.17) is 4.74 Å². The Hall–Kier alpha value is -2.57. The molecule has 1 heterocycles. The Labute approximate surface area is 154 Å². The maximum atomic E-state index is 12.3. The Morgan fingerprint density at radius 2 is 1.85 bits per heavy atom. The summed E-state index contributed by atoms with van der Waals surface area (Å²) in [6.45, 7) is 11.3. The van der Waals surface area contributed by atoms with E-state index in [1.807, 2.05) is 12.1 Å². The highest BCUT2D eigenvalue weighted by Crippen LogP contribution is 2.25. The van der Waals surface area contributed by atoms with Gasteiger partial charge in [0, 0.05) is 0 Å². The zero-order chi connectivity index (χ0) is 19.7. The zero-order valence-electron chi connectivity index (χ0n) is 16.2. The van der Waals surface area contributed by atoms with Crippen molar-refractivity contribution in [2.45, 2.75) is 65.0 Å². The van der Waals surface area contributed by atoms with Gasteiger partial charge in [-0.05, 0) is 43.4 Å². The third-order valence-corrected chi connectivity index (χ3v) is 4.59. The lowest BCUT2D eigenvalue weighted by atomic mass is 9.87. The lowest BCUT2D eigenvalue weighted by Crippen LogP contribution is -2.51. The SMILES string of the molecule is CC[C@@]1(C)NC(=O)N(NC(=O)[C@@H](C)Oc2ccc(C(C)(C)C)cc2)C1=O. The number of nitrogens with zero attached hydrogens (tertiary/aromatic N) is 1. The molecule has 1 aliphatic rings. The molecule has 1 aromatic carbocycles. The van der Waals surface area contributed by atoms with Gasteiger partial charge in [0.2, 0.25) is 0 Å². The Morgan fingerprint density at radius 3 is 2.31 bits per heavy atom.